The van der Waals surface area contributed by atoms with Crippen LogP contribution in [-0.2, 0) is 22.7 Å². The van der Waals surface area contributed by atoms with E-state index in [1.165, 1.54) is 64.2 Å². The third-order valence-corrected chi connectivity index (χ3v) is 11.6. The number of hydrogen-bond acceptors (Lipinski definition) is 8. The molecule has 0 aliphatic heterocycles. The fraction of sp³-hybridized carbons (Fsp3) is 0.356. The maximum absolute atomic E-state index is 12.7. The average Bonchev–Trinajstić information content (AvgIpc) is 3.37. The first kappa shape index (κ1) is 49.9. The Bertz CT molecular complexity index is 2140. The molecule has 6 rings (SSSR count). The lowest BCUT2D eigenvalue weighted by Crippen LogP contribution is -2.11. The largest absolute Gasteiger partial charge is 0.494 e. The van der Waals surface area contributed by atoms with Crippen molar-refractivity contribution in [1.29, 1.82) is 0 Å². The minimum atomic E-state index is -0.435. The van der Waals surface area contributed by atoms with E-state index in [2.05, 4.69) is 38.1 Å². The summed E-state index contributed by atoms with van der Waals surface area (Å²) in [6, 6.07) is 46.8. The third kappa shape index (κ3) is 17.7. The van der Waals surface area contributed by atoms with E-state index in [4.69, 9.17) is 28.4 Å². The fourth-order valence-electron chi connectivity index (χ4n) is 7.48. The van der Waals surface area contributed by atoms with Gasteiger partial charge in [-0.15, -0.1) is 0 Å². The molecule has 0 saturated carbocycles. The predicted molar refractivity (Wildman–Crippen MR) is 268 cm³/mol. The van der Waals surface area contributed by atoms with Gasteiger partial charge in [-0.05, 0) is 119 Å². The number of rotatable bonds is 30. The van der Waals surface area contributed by atoms with Crippen molar-refractivity contribution in [3.05, 3.63) is 168 Å². The Hall–Kier alpha value is -6.54. The van der Waals surface area contributed by atoms with Gasteiger partial charge in [-0.3, -0.25) is 0 Å². The molecule has 6 aromatic carbocycles. The molecule has 352 valence electrons. The van der Waals surface area contributed by atoms with E-state index < -0.39 is 11.9 Å². The number of esters is 2. The van der Waals surface area contributed by atoms with E-state index in [-0.39, 0.29) is 13.2 Å². The molecular formula is C59H68O8. The SMILES string of the molecule is CCCCCCCCOc1ccc(-c2ccc(OCc3ccc(C(=O)OCCCOC(=O)c4ccc(COc5ccc(-c6ccc(OCCCCCCCC)cc6)cc5)cc4)cc3)cc2)cc1. The van der Waals surface area contributed by atoms with Gasteiger partial charge in [0, 0.05) is 6.42 Å². The van der Waals surface area contributed by atoms with Crippen LogP contribution >= 0.6 is 0 Å². The number of ether oxygens (including phenoxy) is 6. The normalized spacial score (nSPS) is 10.9. The lowest BCUT2D eigenvalue weighted by Gasteiger charge is -2.10. The van der Waals surface area contributed by atoms with Crippen molar-refractivity contribution in [2.24, 2.45) is 0 Å². The molecule has 0 aliphatic carbocycles. The summed E-state index contributed by atoms with van der Waals surface area (Å²) in [5, 5.41) is 0. The summed E-state index contributed by atoms with van der Waals surface area (Å²) in [4.78, 5) is 25.3. The van der Waals surface area contributed by atoms with E-state index in [0.717, 1.165) is 82.4 Å². The Morgan fingerprint density at radius 2 is 0.612 bits per heavy atom. The van der Waals surface area contributed by atoms with Crippen LogP contribution in [0.5, 0.6) is 23.0 Å². The number of hydrogen-bond donors (Lipinski definition) is 0. The van der Waals surface area contributed by atoms with Crippen LogP contribution in [0.15, 0.2) is 146 Å². The minimum Gasteiger partial charge on any atom is -0.494 e. The monoisotopic (exact) mass is 904 g/mol. The molecule has 0 fully saturated rings. The first-order valence-corrected chi connectivity index (χ1v) is 24.4. The van der Waals surface area contributed by atoms with Crippen LogP contribution in [0.4, 0.5) is 0 Å². The quantitative estimate of drug-likeness (QED) is 0.0326. The van der Waals surface area contributed by atoms with Crippen molar-refractivity contribution in [2.75, 3.05) is 26.4 Å². The number of carbonyl (C=O) groups excluding carboxylic acids is 2. The Labute approximate surface area is 398 Å². The molecule has 0 amide bonds. The topological polar surface area (TPSA) is 89.5 Å². The van der Waals surface area contributed by atoms with Gasteiger partial charge in [-0.2, -0.15) is 0 Å². The molecule has 6 aromatic rings. The second kappa shape index (κ2) is 28.5. The van der Waals surface area contributed by atoms with Crippen LogP contribution in [0.2, 0.25) is 0 Å². The highest BCUT2D eigenvalue weighted by Crippen LogP contribution is 2.27. The highest BCUT2D eigenvalue weighted by atomic mass is 16.5. The highest BCUT2D eigenvalue weighted by molar-refractivity contribution is 5.90. The Morgan fingerprint density at radius 1 is 0.313 bits per heavy atom. The van der Waals surface area contributed by atoms with Crippen LogP contribution in [0.1, 0.15) is 129 Å². The summed E-state index contributed by atoms with van der Waals surface area (Å²) in [5.41, 5.74) is 7.17. The molecule has 0 unspecified atom stereocenters. The molecule has 0 saturated heterocycles. The summed E-state index contributed by atoms with van der Waals surface area (Å²) in [7, 11) is 0. The van der Waals surface area contributed by atoms with Crippen molar-refractivity contribution in [2.45, 2.75) is 111 Å². The van der Waals surface area contributed by atoms with E-state index in [1.807, 2.05) is 97.1 Å². The van der Waals surface area contributed by atoms with Crippen LogP contribution in [0.25, 0.3) is 22.3 Å². The van der Waals surface area contributed by atoms with Crippen molar-refractivity contribution in [3.8, 4) is 45.3 Å². The molecular weight excluding hydrogens is 837 g/mol. The maximum atomic E-state index is 12.7. The van der Waals surface area contributed by atoms with E-state index in [0.29, 0.717) is 30.8 Å². The lowest BCUT2D eigenvalue weighted by molar-refractivity contribution is 0.0395. The summed E-state index contributed by atoms with van der Waals surface area (Å²) >= 11 is 0. The number of unbranched alkanes of at least 4 members (excludes halogenated alkanes) is 10. The second-order valence-corrected chi connectivity index (χ2v) is 16.9. The Balaban J connectivity index is 0.815. The van der Waals surface area contributed by atoms with Gasteiger partial charge in [0.15, 0.2) is 0 Å². The summed E-state index contributed by atoms with van der Waals surface area (Å²) in [5.74, 6) is 2.45. The zero-order chi connectivity index (χ0) is 46.7. The first-order valence-electron chi connectivity index (χ1n) is 24.4. The second-order valence-electron chi connectivity index (χ2n) is 16.9. The molecule has 0 aliphatic rings. The third-order valence-electron chi connectivity index (χ3n) is 11.6. The fourth-order valence-corrected chi connectivity index (χ4v) is 7.48. The first-order chi connectivity index (χ1) is 33.0. The minimum absolute atomic E-state index is 0.127. The predicted octanol–water partition coefficient (Wildman–Crippen LogP) is 15.1. The molecule has 8 heteroatoms. The zero-order valence-corrected chi connectivity index (χ0v) is 39.6. The van der Waals surface area contributed by atoms with Crippen LogP contribution < -0.4 is 18.9 Å². The van der Waals surface area contributed by atoms with Crippen molar-refractivity contribution in [3.63, 3.8) is 0 Å². The van der Waals surface area contributed by atoms with Gasteiger partial charge in [0.2, 0.25) is 0 Å². The molecule has 67 heavy (non-hydrogen) atoms. The van der Waals surface area contributed by atoms with Gasteiger partial charge in [-0.25, -0.2) is 9.59 Å². The van der Waals surface area contributed by atoms with E-state index >= 15 is 0 Å². The lowest BCUT2D eigenvalue weighted by atomic mass is 10.1. The zero-order valence-electron chi connectivity index (χ0n) is 39.6. The summed E-state index contributed by atoms with van der Waals surface area (Å²) < 4.78 is 34.7. The van der Waals surface area contributed by atoms with Gasteiger partial charge in [-0.1, -0.05) is 151 Å². The van der Waals surface area contributed by atoms with Gasteiger partial charge in [0.05, 0.1) is 37.6 Å². The molecule has 0 aromatic heterocycles. The van der Waals surface area contributed by atoms with Crippen molar-refractivity contribution in [1.82, 2.24) is 0 Å². The molecule has 0 heterocycles. The Morgan fingerprint density at radius 3 is 0.940 bits per heavy atom. The average molecular weight is 905 g/mol. The number of carbonyl (C=O) groups is 2. The van der Waals surface area contributed by atoms with Crippen LogP contribution in [0.3, 0.4) is 0 Å². The number of benzene rings is 6. The summed E-state index contributed by atoms with van der Waals surface area (Å²) in [6.07, 6.45) is 15.4. The van der Waals surface area contributed by atoms with Gasteiger partial charge in [0.1, 0.15) is 36.2 Å². The molecule has 8 nitrogen and oxygen atoms in total. The maximum Gasteiger partial charge on any atom is 0.338 e. The van der Waals surface area contributed by atoms with Crippen molar-refractivity contribution < 1.29 is 38.0 Å². The standard InChI is InChI=1S/C59H68O8/c1-3-5-7-9-11-13-40-62-54-32-24-48(25-33-54)50-28-36-56(37-29-50)66-44-46-16-20-52(21-17-46)58(60)64-42-15-43-65-59(61)53-22-18-47(19-23-53)45-67-57-38-30-51(31-39-57)49-26-34-55(35-27-49)63-41-14-12-10-8-6-4-2/h16-39H,3-15,40-45H2,1-2H3. The van der Waals surface area contributed by atoms with Gasteiger partial charge in [0.25, 0.3) is 0 Å². The van der Waals surface area contributed by atoms with E-state index in [1.54, 1.807) is 24.3 Å². The van der Waals surface area contributed by atoms with Gasteiger partial charge >= 0.3 is 11.9 Å². The Kier molecular flexibility index (Phi) is 21.2. The molecule has 0 N–H and O–H groups in total. The molecule has 0 atom stereocenters. The van der Waals surface area contributed by atoms with E-state index in [9.17, 15) is 9.59 Å². The van der Waals surface area contributed by atoms with Crippen LogP contribution in [0, 0.1) is 0 Å². The molecule has 0 radical (unpaired) electrons. The highest BCUT2D eigenvalue weighted by Gasteiger charge is 2.11. The van der Waals surface area contributed by atoms with Crippen LogP contribution in [-0.4, -0.2) is 38.4 Å². The van der Waals surface area contributed by atoms with Crippen molar-refractivity contribution >= 4 is 11.9 Å². The molecule has 0 bridgehead atoms. The molecule has 0 spiro atoms. The smallest absolute Gasteiger partial charge is 0.338 e. The summed E-state index contributed by atoms with van der Waals surface area (Å²) in [6.45, 7) is 6.97. The van der Waals surface area contributed by atoms with Gasteiger partial charge < -0.3 is 28.4 Å².